The molecule has 4 nitrogen and oxygen atoms in total. The predicted molar refractivity (Wildman–Crippen MR) is 79.7 cm³/mol. The highest BCUT2D eigenvalue weighted by Gasteiger charge is 2.30. The van der Waals surface area contributed by atoms with E-state index in [4.69, 9.17) is 16.3 Å². The van der Waals surface area contributed by atoms with Gasteiger partial charge in [0.25, 0.3) is 0 Å². The lowest BCUT2D eigenvalue weighted by Gasteiger charge is -2.29. The van der Waals surface area contributed by atoms with Gasteiger partial charge in [-0.3, -0.25) is 0 Å². The number of hydrogen-bond acceptors (Lipinski definition) is 3. The van der Waals surface area contributed by atoms with Crippen LogP contribution in [0.25, 0.3) is 0 Å². The summed E-state index contributed by atoms with van der Waals surface area (Å²) in [5.41, 5.74) is 0.842. The maximum absolute atomic E-state index is 12.7. The van der Waals surface area contributed by atoms with E-state index in [0.29, 0.717) is 30.6 Å². The number of sulfonamides is 1. The number of hydrogen-bond donors (Lipinski definition) is 0. The van der Waals surface area contributed by atoms with Crippen molar-refractivity contribution in [1.82, 2.24) is 4.31 Å². The van der Waals surface area contributed by atoms with Crippen molar-refractivity contribution in [3.8, 4) is 5.75 Å². The van der Waals surface area contributed by atoms with Gasteiger partial charge in [0.15, 0.2) is 0 Å². The van der Waals surface area contributed by atoms with E-state index < -0.39 is 10.0 Å². The Bertz CT molecular complexity index is 566. The van der Waals surface area contributed by atoms with Crippen LogP contribution in [0.3, 0.4) is 0 Å². The zero-order valence-corrected chi connectivity index (χ0v) is 13.4. The Kier molecular flexibility index (Phi) is 4.94. The van der Waals surface area contributed by atoms with Crippen molar-refractivity contribution >= 4 is 21.6 Å². The number of piperidine rings is 1. The first-order valence-corrected chi connectivity index (χ1v) is 8.69. The van der Waals surface area contributed by atoms with Crippen molar-refractivity contribution in [3.63, 3.8) is 0 Å². The zero-order valence-electron chi connectivity index (χ0n) is 11.8. The molecule has 20 heavy (non-hydrogen) atoms. The van der Waals surface area contributed by atoms with Gasteiger partial charge in [-0.2, -0.15) is 4.31 Å². The monoisotopic (exact) mass is 317 g/mol. The van der Waals surface area contributed by atoms with E-state index in [1.54, 1.807) is 22.5 Å². The van der Waals surface area contributed by atoms with Crippen LogP contribution in [0, 0.1) is 5.92 Å². The van der Waals surface area contributed by atoms with E-state index in [2.05, 4.69) is 6.92 Å². The van der Waals surface area contributed by atoms with Crippen LogP contribution in [-0.4, -0.2) is 32.9 Å². The van der Waals surface area contributed by atoms with Crippen LogP contribution < -0.4 is 4.74 Å². The van der Waals surface area contributed by atoms with E-state index in [1.165, 1.54) is 7.11 Å². The molecule has 0 amide bonds. The number of nitrogens with zero attached hydrogens (tertiary/aromatic N) is 1. The Hall–Kier alpha value is -0.780. The topological polar surface area (TPSA) is 46.6 Å². The molecule has 1 aromatic carbocycles. The minimum Gasteiger partial charge on any atom is -0.495 e. The van der Waals surface area contributed by atoms with Crippen molar-refractivity contribution in [1.29, 1.82) is 0 Å². The molecule has 1 fully saturated rings. The number of rotatable bonds is 4. The Labute approximate surface area is 125 Å². The highest BCUT2D eigenvalue weighted by Crippen LogP contribution is 2.30. The van der Waals surface area contributed by atoms with Crippen molar-refractivity contribution in [2.24, 2.45) is 5.92 Å². The SMILES string of the molecule is COc1cc(CCl)ccc1S(=O)(=O)N1CCC(C)CC1. The first kappa shape index (κ1) is 15.6. The summed E-state index contributed by atoms with van der Waals surface area (Å²) in [6, 6.07) is 5.01. The second kappa shape index (κ2) is 6.33. The Morgan fingerprint density at radius 3 is 2.55 bits per heavy atom. The van der Waals surface area contributed by atoms with Crippen LogP contribution in [0.15, 0.2) is 23.1 Å². The number of benzene rings is 1. The molecule has 112 valence electrons. The standard InChI is InChI=1S/C14H20ClNO3S/c1-11-5-7-16(8-6-11)20(17,18)14-4-3-12(10-15)9-13(14)19-2/h3-4,9,11H,5-8,10H2,1-2H3. The van der Waals surface area contributed by atoms with Crippen molar-refractivity contribution in [3.05, 3.63) is 23.8 Å². The van der Waals surface area contributed by atoms with Gasteiger partial charge in [-0.05, 0) is 36.5 Å². The fraction of sp³-hybridized carbons (Fsp3) is 0.571. The van der Waals surface area contributed by atoms with Crippen molar-refractivity contribution in [2.45, 2.75) is 30.5 Å². The van der Waals surface area contributed by atoms with Crippen LogP contribution >= 0.6 is 11.6 Å². The van der Waals surface area contributed by atoms with E-state index in [9.17, 15) is 8.42 Å². The summed E-state index contributed by atoms with van der Waals surface area (Å²) >= 11 is 5.77. The summed E-state index contributed by atoms with van der Waals surface area (Å²) in [5.74, 6) is 1.28. The van der Waals surface area contributed by atoms with E-state index >= 15 is 0 Å². The summed E-state index contributed by atoms with van der Waals surface area (Å²) in [4.78, 5) is 0.225. The van der Waals surface area contributed by atoms with Crippen LogP contribution in [0.1, 0.15) is 25.3 Å². The molecule has 0 spiro atoms. The summed E-state index contributed by atoms with van der Waals surface area (Å²) in [6.07, 6.45) is 1.81. The molecule has 6 heteroatoms. The number of ether oxygens (including phenoxy) is 1. The lowest BCUT2D eigenvalue weighted by atomic mass is 10.0. The molecule has 0 unspecified atom stereocenters. The minimum atomic E-state index is -3.49. The Morgan fingerprint density at radius 2 is 2.00 bits per heavy atom. The van der Waals surface area contributed by atoms with E-state index in [1.807, 2.05) is 0 Å². The van der Waals surface area contributed by atoms with Crippen LogP contribution in [0.2, 0.25) is 0 Å². The van der Waals surface area contributed by atoms with E-state index in [0.717, 1.165) is 18.4 Å². The van der Waals surface area contributed by atoms with Crippen LogP contribution in [0.5, 0.6) is 5.75 Å². The third-order valence-corrected chi connectivity index (χ3v) is 5.99. The molecule has 1 saturated heterocycles. The first-order chi connectivity index (χ1) is 9.48. The molecule has 1 aromatic rings. The molecule has 0 bridgehead atoms. The largest absolute Gasteiger partial charge is 0.495 e. The van der Waals surface area contributed by atoms with Gasteiger partial charge in [-0.1, -0.05) is 13.0 Å². The zero-order chi connectivity index (χ0) is 14.8. The highest BCUT2D eigenvalue weighted by molar-refractivity contribution is 7.89. The smallest absolute Gasteiger partial charge is 0.246 e. The third kappa shape index (κ3) is 3.10. The Morgan fingerprint density at radius 1 is 1.35 bits per heavy atom. The van der Waals surface area contributed by atoms with Gasteiger partial charge in [0, 0.05) is 19.0 Å². The molecular weight excluding hydrogens is 298 g/mol. The molecule has 1 heterocycles. The predicted octanol–water partition coefficient (Wildman–Crippen LogP) is 2.85. The summed E-state index contributed by atoms with van der Waals surface area (Å²) in [5, 5.41) is 0. The van der Waals surface area contributed by atoms with E-state index in [-0.39, 0.29) is 4.90 Å². The summed E-state index contributed by atoms with van der Waals surface area (Å²) in [6.45, 7) is 3.30. The second-order valence-corrected chi connectivity index (χ2v) is 7.38. The van der Waals surface area contributed by atoms with Gasteiger partial charge in [0.05, 0.1) is 7.11 Å². The fourth-order valence-corrected chi connectivity index (χ4v) is 4.15. The van der Waals surface area contributed by atoms with Crippen molar-refractivity contribution < 1.29 is 13.2 Å². The third-order valence-electron chi connectivity index (χ3n) is 3.74. The lowest BCUT2D eigenvalue weighted by Crippen LogP contribution is -2.38. The molecule has 1 aliphatic heterocycles. The maximum Gasteiger partial charge on any atom is 0.246 e. The molecule has 0 saturated carbocycles. The van der Waals surface area contributed by atoms with Gasteiger partial charge in [0.1, 0.15) is 10.6 Å². The number of methoxy groups -OCH3 is 1. The molecule has 0 aromatic heterocycles. The van der Waals surface area contributed by atoms with Gasteiger partial charge < -0.3 is 4.74 Å². The molecule has 0 aliphatic carbocycles. The van der Waals surface area contributed by atoms with Gasteiger partial charge >= 0.3 is 0 Å². The minimum absolute atomic E-state index is 0.225. The van der Waals surface area contributed by atoms with Gasteiger partial charge in [0.2, 0.25) is 10.0 Å². The first-order valence-electron chi connectivity index (χ1n) is 6.72. The van der Waals surface area contributed by atoms with Crippen LogP contribution in [0.4, 0.5) is 0 Å². The van der Waals surface area contributed by atoms with Crippen molar-refractivity contribution in [2.75, 3.05) is 20.2 Å². The average molecular weight is 318 g/mol. The Balaban J connectivity index is 2.34. The number of alkyl halides is 1. The molecule has 1 aliphatic rings. The second-order valence-electron chi connectivity index (χ2n) is 5.21. The average Bonchev–Trinajstić information content (AvgIpc) is 2.46. The van der Waals surface area contributed by atoms with Gasteiger partial charge in [-0.15, -0.1) is 11.6 Å². The fourth-order valence-electron chi connectivity index (χ4n) is 2.37. The molecule has 0 atom stereocenters. The normalized spacial score (nSPS) is 18.1. The molecule has 0 radical (unpaired) electrons. The quantitative estimate of drug-likeness (QED) is 0.802. The summed E-state index contributed by atoms with van der Waals surface area (Å²) < 4.78 is 32.1. The summed E-state index contributed by atoms with van der Waals surface area (Å²) in [7, 11) is -2.01. The maximum atomic E-state index is 12.7. The molecule has 0 N–H and O–H groups in total. The molecule has 2 rings (SSSR count). The highest BCUT2D eigenvalue weighted by atomic mass is 35.5. The molecular formula is C14H20ClNO3S. The number of halogens is 1. The lowest BCUT2D eigenvalue weighted by molar-refractivity contribution is 0.287. The van der Waals surface area contributed by atoms with Crippen LogP contribution in [-0.2, 0) is 15.9 Å². The van der Waals surface area contributed by atoms with Gasteiger partial charge in [-0.25, -0.2) is 8.42 Å².